The van der Waals surface area contributed by atoms with Crippen molar-refractivity contribution >= 4 is 11.9 Å². The Bertz CT molecular complexity index is 764. The number of piperidine rings is 1. The monoisotopic (exact) mass is 325 g/mol. The summed E-state index contributed by atoms with van der Waals surface area (Å²) in [6.07, 6.45) is 4.82. The summed E-state index contributed by atoms with van der Waals surface area (Å²) in [5.41, 5.74) is 1.04. The fourth-order valence-electron chi connectivity index (χ4n) is 3.36. The van der Waals surface area contributed by atoms with Gasteiger partial charge in [0.05, 0.1) is 18.4 Å². The maximum absolute atomic E-state index is 12.8. The molecule has 1 aromatic heterocycles. The van der Waals surface area contributed by atoms with Crippen LogP contribution in [0, 0.1) is 0 Å². The summed E-state index contributed by atoms with van der Waals surface area (Å²) in [7, 11) is 0. The van der Waals surface area contributed by atoms with Crippen LogP contribution in [0.2, 0.25) is 0 Å². The Hall–Kier alpha value is -2.67. The number of urea groups is 1. The van der Waals surface area contributed by atoms with Crippen molar-refractivity contribution in [2.24, 2.45) is 0 Å². The van der Waals surface area contributed by atoms with Crippen molar-refractivity contribution in [1.82, 2.24) is 25.3 Å². The highest BCUT2D eigenvalue weighted by Gasteiger charge is 2.51. The molecular weight excluding hydrogens is 306 g/mol. The van der Waals surface area contributed by atoms with E-state index in [1.807, 2.05) is 36.5 Å². The molecular formula is C17H19N5O2. The van der Waals surface area contributed by atoms with E-state index in [1.165, 1.54) is 4.90 Å². The first-order valence-corrected chi connectivity index (χ1v) is 8.12. The van der Waals surface area contributed by atoms with Crippen LogP contribution in [-0.4, -0.2) is 45.2 Å². The number of hydrogen-bond acceptors (Lipinski definition) is 4. The van der Waals surface area contributed by atoms with Crippen molar-refractivity contribution in [3.8, 4) is 5.69 Å². The zero-order valence-corrected chi connectivity index (χ0v) is 13.2. The van der Waals surface area contributed by atoms with Gasteiger partial charge in [-0.3, -0.25) is 9.69 Å². The third-order valence-electron chi connectivity index (χ3n) is 4.70. The average Bonchev–Trinajstić information content (AvgIpc) is 3.16. The van der Waals surface area contributed by atoms with Crippen molar-refractivity contribution in [3.63, 3.8) is 0 Å². The molecule has 0 unspecified atom stereocenters. The van der Waals surface area contributed by atoms with Crippen molar-refractivity contribution < 1.29 is 9.59 Å². The summed E-state index contributed by atoms with van der Waals surface area (Å²) in [5, 5.41) is 10.4. The lowest BCUT2D eigenvalue weighted by molar-refractivity contribution is -0.132. The highest BCUT2D eigenvalue weighted by molar-refractivity contribution is 6.07. The van der Waals surface area contributed by atoms with E-state index in [1.54, 1.807) is 10.9 Å². The van der Waals surface area contributed by atoms with Gasteiger partial charge in [-0.25, -0.2) is 9.48 Å². The molecule has 3 heterocycles. The number of nitrogens with one attached hydrogen (secondary N) is 2. The fourth-order valence-corrected chi connectivity index (χ4v) is 3.36. The molecule has 2 aliphatic heterocycles. The van der Waals surface area contributed by atoms with E-state index in [0.29, 0.717) is 12.8 Å². The minimum atomic E-state index is -0.724. The molecule has 7 heteroatoms. The molecule has 1 spiro atoms. The fraction of sp³-hybridized carbons (Fsp3) is 0.353. The molecule has 2 saturated heterocycles. The summed E-state index contributed by atoms with van der Waals surface area (Å²) in [6.45, 7) is 1.73. The number of para-hydroxylation sites is 1. The Morgan fingerprint density at radius 2 is 1.88 bits per heavy atom. The summed E-state index contributed by atoms with van der Waals surface area (Å²) in [6, 6.07) is 9.42. The van der Waals surface area contributed by atoms with Gasteiger partial charge < -0.3 is 10.6 Å². The largest absolute Gasteiger partial charge is 0.325 e. The first-order chi connectivity index (χ1) is 11.7. The Labute approximate surface area is 139 Å². The standard InChI is InChI=1S/C17H19N5O2/c23-15-17(6-8-18-9-7-17)20-16(24)21(15)11-13-10-19-22(12-13)14-4-2-1-3-5-14/h1-5,10,12,18H,6-9,11H2,(H,20,24). The Morgan fingerprint density at radius 3 is 2.62 bits per heavy atom. The summed E-state index contributed by atoms with van der Waals surface area (Å²) in [4.78, 5) is 26.4. The van der Waals surface area contributed by atoms with E-state index in [9.17, 15) is 9.59 Å². The lowest BCUT2D eigenvalue weighted by Crippen LogP contribution is -2.53. The number of imide groups is 1. The SMILES string of the molecule is O=C1NC2(CCNCC2)C(=O)N1Cc1cnn(-c2ccccc2)c1. The van der Waals surface area contributed by atoms with Gasteiger partial charge in [-0.1, -0.05) is 18.2 Å². The Kier molecular flexibility index (Phi) is 3.57. The first kappa shape index (κ1) is 14.9. The Balaban J connectivity index is 1.52. The molecule has 2 N–H and O–H groups in total. The van der Waals surface area contributed by atoms with Gasteiger partial charge >= 0.3 is 6.03 Å². The van der Waals surface area contributed by atoms with Crippen LogP contribution in [0.1, 0.15) is 18.4 Å². The molecule has 124 valence electrons. The zero-order valence-electron chi connectivity index (χ0n) is 13.2. The van der Waals surface area contributed by atoms with E-state index in [2.05, 4.69) is 15.7 Å². The van der Waals surface area contributed by atoms with Crippen LogP contribution in [0.5, 0.6) is 0 Å². The van der Waals surface area contributed by atoms with E-state index in [0.717, 1.165) is 24.3 Å². The predicted octanol–water partition coefficient (Wildman–Crippen LogP) is 1.05. The van der Waals surface area contributed by atoms with E-state index < -0.39 is 5.54 Å². The summed E-state index contributed by atoms with van der Waals surface area (Å²) < 4.78 is 1.74. The molecule has 0 radical (unpaired) electrons. The van der Waals surface area contributed by atoms with Crippen molar-refractivity contribution in [2.75, 3.05) is 13.1 Å². The number of hydrogen-bond donors (Lipinski definition) is 2. The van der Waals surface area contributed by atoms with Gasteiger partial charge in [-0.2, -0.15) is 5.10 Å². The number of carbonyl (C=O) groups excluding carboxylic acids is 2. The van der Waals surface area contributed by atoms with Crippen LogP contribution in [0.15, 0.2) is 42.7 Å². The number of rotatable bonds is 3. The third-order valence-corrected chi connectivity index (χ3v) is 4.70. The van der Waals surface area contributed by atoms with Crippen LogP contribution in [0.4, 0.5) is 4.79 Å². The van der Waals surface area contributed by atoms with Crippen LogP contribution >= 0.6 is 0 Å². The van der Waals surface area contributed by atoms with Gasteiger partial charge in [-0.15, -0.1) is 0 Å². The molecule has 4 rings (SSSR count). The first-order valence-electron chi connectivity index (χ1n) is 8.12. The van der Waals surface area contributed by atoms with Crippen LogP contribution < -0.4 is 10.6 Å². The molecule has 2 aliphatic rings. The van der Waals surface area contributed by atoms with Gasteiger partial charge in [0.25, 0.3) is 5.91 Å². The van der Waals surface area contributed by atoms with Crippen molar-refractivity contribution in [1.29, 1.82) is 0 Å². The molecule has 7 nitrogen and oxygen atoms in total. The zero-order chi connectivity index (χ0) is 16.6. The number of benzene rings is 1. The lowest BCUT2D eigenvalue weighted by Gasteiger charge is -2.31. The summed E-state index contributed by atoms with van der Waals surface area (Å²) >= 11 is 0. The molecule has 0 aliphatic carbocycles. The van der Waals surface area contributed by atoms with E-state index in [4.69, 9.17) is 0 Å². The Morgan fingerprint density at radius 1 is 1.12 bits per heavy atom. The quantitative estimate of drug-likeness (QED) is 0.827. The summed E-state index contributed by atoms with van der Waals surface area (Å²) in [5.74, 6) is -0.124. The molecule has 0 bridgehead atoms. The average molecular weight is 325 g/mol. The second-order valence-electron chi connectivity index (χ2n) is 6.28. The maximum atomic E-state index is 12.8. The molecule has 3 amide bonds. The van der Waals surface area contributed by atoms with Crippen LogP contribution in [0.3, 0.4) is 0 Å². The van der Waals surface area contributed by atoms with Crippen LogP contribution in [0.25, 0.3) is 5.69 Å². The van der Waals surface area contributed by atoms with Gasteiger partial charge in [0, 0.05) is 11.8 Å². The van der Waals surface area contributed by atoms with Crippen molar-refractivity contribution in [3.05, 3.63) is 48.3 Å². The molecule has 2 aromatic rings. The van der Waals surface area contributed by atoms with Crippen molar-refractivity contribution in [2.45, 2.75) is 24.9 Å². The lowest BCUT2D eigenvalue weighted by atomic mass is 9.88. The molecule has 1 aromatic carbocycles. The molecule has 24 heavy (non-hydrogen) atoms. The van der Waals surface area contributed by atoms with Gasteiger partial charge in [-0.05, 0) is 38.1 Å². The third kappa shape index (κ3) is 2.46. The van der Waals surface area contributed by atoms with E-state index >= 15 is 0 Å². The smallest absolute Gasteiger partial charge is 0.323 e. The highest BCUT2D eigenvalue weighted by Crippen LogP contribution is 2.28. The normalized spacial score (nSPS) is 19.8. The minimum absolute atomic E-state index is 0.124. The number of amides is 3. The second-order valence-corrected chi connectivity index (χ2v) is 6.28. The predicted molar refractivity (Wildman–Crippen MR) is 87.5 cm³/mol. The second kappa shape index (κ2) is 5.76. The van der Waals surface area contributed by atoms with E-state index in [-0.39, 0.29) is 18.5 Å². The maximum Gasteiger partial charge on any atom is 0.325 e. The number of aromatic nitrogens is 2. The number of nitrogens with zero attached hydrogens (tertiary/aromatic N) is 3. The van der Waals surface area contributed by atoms with Gasteiger partial charge in [0.15, 0.2) is 0 Å². The molecule has 0 atom stereocenters. The van der Waals surface area contributed by atoms with Crippen LogP contribution in [-0.2, 0) is 11.3 Å². The topological polar surface area (TPSA) is 79.3 Å². The van der Waals surface area contributed by atoms with Gasteiger partial charge in [0.2, 0.25) is 0 Å². The molecule has 0 saturated carbocycles. The highest BCUT2D eigenvalue weighted by atomic mass is 16.2. The minimum Gasteiger partial charge on any atom is -0.323 e. The number of carbonyl (C=O) groups is 2. The molecule has 2 fully saturated rings. The van der Waals surface area contributed by atoms with Gasteiger partial charge in [0.1, 0.15) is 5.54 Å².